The number of nitrogens with one attached hydrogen (secondary N) is 1. The number of hydrogen-bond acceptors (Lipinski definition) is 2. The molecule has 0 aliphatic carbocycles. The van der Waals surface area contributed by atoms with Gasteiger partial charge in [0.2, 0.25) is 0 Å². The van der Waals surface area contributed by atoms with Crippen LogP contribution >= 0.6 is 11.6 Å². The van der Waals surface area contributed by atoms with Crippen molar-refractivity contribution >= 4 is 23.2 Å². The maximum absolute atomic E-state index is 11.9. The van der Waals surface area contributed by atoms with Crippen molar-refractivity contribution in [2.24, 2.45) is 0 Å². The number of rotatable bonds is 6. The molecule has 0 aliphatic rings. The highest BCUT2D eigenvalue weighted by molar-refractivity contribution is 6.32. The van der Waals surface area contributed by atoms with Gasteiger partial charge in [-0.25, -0.2) is 0 Å². The average Bonchev–Trinajstić information content (AvgIpc) is 2.54. The van der Waals surface area contributed by atoms with E-state index in [0.29, 0.717) is 16.7 Å². The van der Waals surface area contributed by atoms with E-state index in [4.69, 9.17) is 16.3 Å². The van der Waals surface area contributed by atoms with E-state index < -0.39 is 0 Å². The van der Waals surface area contributed by atoms with Crippen LogP contribution in [0.25, 0.3) is 0 Å². The summed E-state index contributed by atoms with van der Waals surface area (Å²) in [5.74, 6) is 0.816. The lowest BCUT2D eigenvalue weighted by molar-refractivity contribution is -0.118. The molecule has 2 aromatic rings. The summed E-state index contributed by atoms with van der Waals surface area (Å²) in [6.45, 7) is 4.27. The monoisotopic (exact) mass is 317 g/mol. The van der Waals surface area contributed by atoms with E-state index in [0.717, 1.165) is 12.1 Å². The lowest BCUT2D eigenvalue weighted by Gasteiger charge is -2.11. The Labute approximate surface area is 136 Å². The van der Waals surface area contributed by atoms with Crippen molar-refractivity contribution in [2.45, 2.75) is 26.2 Å². The summed E-state index contributed by atoms with van der Waals surface area (Å²) in [6, 6.07) is 15.0. The Balaban J connectivity index is 1.88. The second-order valence-corrected chi connectivity index (χ2v) is 5.61. The minimum Gasteiger partial charge on any atom is -0.482 e. The SMILES string of the molecule is CCC(C)c1ccc(NC(=O)COc2ccccc2Cl)cc1. The number of hydrogen-bond donors (Lipinski definition) is 1. The summed E-state index contributed by atoms with van der Waals surface area (Å²) in [6.07, 6.45) is 1.09. The molecule has 0 heterocycles. The van der Waals surface area contributed by atoms with Crippen molar-refractivity contribution in [1.82, 2.24) is 0 Å². The number of halogens is 1. The smallest absolute Gasteiger partial charge is 0.262 e. The highest BCUT2D eigenvalue weighted by Gasteiger charge is 2.07. The molecule has 4 heteroatoms. The number of anilines is 1. The van der Waals surface area contributed by atoms with Crippen LogP contribution in [0.15, 0.2) is 48.5 Å². The molecule has 0 radical (unpaired) electrons. The quantitative estimate of drug-likeness (QED) is 0.825. The van der Waals surface area contributed by atoms with E-state index in [-0.39, 0.29) is 12.5 Å². The third-order valence-corrected chi connectivity index (χ3v) is 3.88. The fraction of sp³-hybridized carbons (Fsp3) is 0.278. The molecule has 0 fully saturated rings. The van der Waals surface area contributed by atoms with Crippen molar-refractivity contribution in [3.05, 3.63) is 59.1 Å². The van der Waals surface area contributed by atoms with E-state index in [1.807, 2.05) is 36.4 Å². The molecule has 0 saturated heterocycles. The molecule has 0 aromatic heterocycles. The van der Waals surface area contributed by atoms with Gasteiger partial charge in [0, 0.05) is 5.69 Å². The third-order valence-electron chi connectivity index (χ3n) is 3.57. The first-order valence-electron chi connectivity index (χ1n) is 7.37. The second-order valence-electron chi connectivity index (χ2n) is 5.20. The standard InChI is InChI=1S/C18H20ClNO2/c1-3-13(2)14-8-10-15(11-9-14)20-18(21)12-22-17-7-5-4-6-16(17)19/h4-11,13H,3,12H2,1-2H3,(H,20,21). The van der Waals surface area contributed by atoms with Gasteiger partial charge in [0.1, 0.15) is 5.75 Å². The molecule has 0 saturated carbocycles. The zero-order valence-electron chi connectivity index (χ0n) is 12.8. The summed E-state index contributed by atoms with van der Waals surface area (Å²) < 4.78 is 5.41. The number of benzene rings is 2. The minimum atomic E-state index is -0.212. The van der Waals surface area contributed by atoms with Gasteiger partial charge in [-0.15, -0.1) is 0 Å². The molecule has 0 spiro atoms. The molecule has 1 atom stereocenters. The van der Waals surface area contributed by atoms with E-state index in [1.54, 1.807) is 12.1 Å². The van der Waals surface area contributed by atoms with Crippen LogP contribution in [0.1, 0.15) is 31.7 Å². The van der Waals surface area contributed by atoms with Crippen LogP contribution in [0.5, 0.6) is 5.75 Å². The van der Waals surface area contributed by atoms with Crippen molar-refractivity contribution in [3.63, 3.8) is 0 Å². The fourth-order valence-corrected chi connectivity index (χ4v) is 2.22. The molecule has 2 aromatic carbocycles. The zero-order valence-corrected chi connectivity index (χ0v) is 13.6. The Morgan fingerprint density at radius 3 is 2.50 bits per heavy atom. The topological polar surface area (TPSA) is 38.3 Å². The van der Waals surface area contributed by atoms with E-state index >= 15 is 0 Å². The molecule has 0 bridgehead atoms. The van der Waals surface area contributed by atoms with Crippen molar-refractivity contribution in [2.75, 3.05) is 11.9 Å². The highest BCUT2D eigenvalue weighted by atomic mass is 35.5. The van der Waals surface area contributed by atoms with E-state index in [9.17, 15) is 4.79 Å². The largest absolute Gasteiger partial charge is 0.482 e. The maximum Gasteiger partial charge on any atom is 0.262 e. The van der Waals surface area contributed by atoms with Gasteiger partial charge in [0.25, 0.3) is 5.91 Å². The second kappa shape index (κ2) is 7.85. The van der Waals surface area contributed by atoms with Gasteiger partial charge >= 0.3 is 0 Å². The normalized spacial score (nSPS) is 11.8. The predicted molar refractivity (Wildman–Crippen MR) is 90.7 cm³/mol. The number of para-hydroxylation sites is 1. The van der Waals surface area contributed by atoms with Gasteiger partial charge in [-0.3, -0.25) is 4.79 Å². The summed E-state index contributed by atoms with van der Waals surface area (Å²) in [4.78, 5) is 11.9. The van der Waals surface area contributed by atoms with Crippen molar-refractivity contribution in [1.29, 1.82) is 0 Å². The van der Waals surface area contributed by atoms with Gasteiger partial charge in [0.15, 0.2) is 6.61 Å². The fourth-order valence-electron chi connectivity index (χ4n) is 2.03. The summed E-state index contributed by atoms with van der Waals surface area (Å²) >= 11 is 5.97. The first kappa shape index (κ1) is 16.4. The Morgan fingerprint density at radius 2 is 1.86 bits per heavy atom. The Kier molecular flexibility index (Phi) is 5.84. The van der Waals surface area contributed by atoms with Crippen LogP contribution in [0, 0.1) is 0 Å². The lowest BCUT2D eigenvalue weighted by Crippen LogP contribution is -2.20. The first-order chi connectivity index (χ1) is 10.6. The van der Waals surface area contributed by atoms with Crippen molar-refractivity contribution in [3.8, 4) is 5.75 Å². The van der Waals surface area contributed by atoms with Gasteiger partial charge in [-0.1, -0.05) is 49.7 Å². The molecule has 1 unspecified atom stereocenters. The molecule has 3 nitrogen and oxygen atoms in total. The molecule has 1 amide bonds. The Bertz CT molecular complexity index is 625. The number of carbonyl (C=O) groups is 1. The van der Waals surface area contributed by atoms with Crippen molar-refractivity contribution < 1.29 is 9.53 Å². The van der Waals surface area contributed by atoms with Crippen LogP contribution in [-0.2, 0) is 4.79 Å². The van der Waals surface area contributed by atoms with Crippen LogP contribution < -0.4 is 10.1 Å². The first-order valence-corrected chi connectivity index (χ1v) is 7.75. The van der Waals surface area contributed by atoms with Crippen LogP contribution in [0.4, 0.5) is 5.69 Å². The predicted octanol–water partition coefficient (Wildman–Crippen LogP) is 4.87. The molecule has 1 N–H and O–H groups in total. The third kappa shape index (κ3) is 4.50. The Hall–Kier alpha value is -2.00. The summed E-state index contributed by atoms with van der Waals surface area (Å²) in [5.41, 5.74) is 2.03. The Morgan fingerprint density at radius 1 is 1.18 bits per heavy atom. The summed E-state index contributed by atoms with van der Waals surface area (Å²) in [7, 11) is 0. The van der Waals surface area contributed by atoms with Crippen LogP contribution in [0.2, 0.25) is 5.02 Å². The molecule has 22 heavy (non-hydrogen) atoms. The number of amides is 1. The van der Waals surface area contributed by atoms with E-state index in [1.165, 1.54) is 5.56 Å². The summed E-state index contributed by atoms with van der Waals surface area (Å²) in [5, 5.41) is 3.30. The molecule has 2 rings (SSSR count). The average molecular weight is 318 g/mol. The van der Waals surface area contributed by atoms with Gasteiger partial charge in [-0.05, 0) is 42.2 Å². The zero-order chi connectivity index (χ0) is 15.9. The molecule has 0 aliphatic heterocycles. The highest BCUT2D eigenvalue weighted by Crippen LogP contribution is 2.23. The van der Waals surface area contributed by atoms with Gasteiger partial charge in [0.05, 0.1) is 5.02 Å². The van der Waals surface area contributed by atoms with Crippen LogP contribution in [0.3, 0.4) is 0 Å². The molecular formula is C18H20ClNO2. The van der Waals surface area contributed by atoms with Gasteiger partial charge < -0.3 is 10.1 Å². The van der Waals surface area contributed by atoms with Crippen LogP contribution in [-0.4, -0.2) is 12.5 Å². The van der Waals surface area contributed by atoms with Gasteiger partial charge in [-0.2, -0.15) is 0 Å². The number of carbonyl (C=O) groups excluding carboxylic acids is 1. The minimum absolute atomic E-state index is 0.0726. The maximum atomic E-state index is 11.9. The molecule has 116 valence electrons. The lowest BCUT2D eigenvalue weighted by atomic mass is 9.99. The molecular weight excluding hydrogens is 298 g/mol. The van der Waals surface area contributed by atoms with E-state index in [2.05, 4.69) is 19.2 Å². The number of ether oxygens (including phenoxy) is 1.